The zero-order chi connectivity index (χ0) is 24.0. The summed E-state index contributed by atoms with van der Waals surface area (Å²) in [6, 6.07) is 11.4. The van der Waals surface area contributed by atoms with Crippen LogP contribution >= 0.6 is 0 Å². The van der Waals surface area contributed by atoms with Gasteiger partial charge in [0, 0.05) is 67.1 Å². The van der Waals surface area contributed by atoms with Crippen molar-refractivity contribution in [3.8, 4) is 22.5 Å². The van der Waals surface area contributed by atoms with Crippen LogP contribution in [0, 0.1) is 5.92 Å². The summed E-state index contributed by atoms with van der Waals surface area (Å²) in [5.41, 5.74) is 4.73. The highest BCUT2D eigenvalue weighted by molar-refractivity contribution is 5.81. The fourth-order valence-corrected chi connectivity index (χ4v) is 4.53. The second kappa shape index (κ2) is 8.23. The highest BCUT2D eigenvalue weighted by atomic mass is 19.3. The summed E-state index contributed by atoms with van der Waals surface area (Å²) < 4.78 is 26.4. The minimum absolute atomic E-state index is 0.192. The molecule has 3 aromatic heterocycles. The minimum Gasteiger partial charge on any atom is -0.334 e. The Bertz CT molecular complexity index is 1380. The van der Waals surface area contributed by atoms with Gasteiger partial charge in [0.05, 0.1) is 6.20 Å². The highest BCUT2D eigenvalue weighted by Gasteiger charge is 2.50. The largest absolute Gasteiger partial charge is 0.334 e. The van der Waals surface area contributed by atoms with E-state index in [2.05, 4.69) is 30.5 Å². The molecule has 4 heterocycles. The van der Waals surface area contributed by atoms with Gasteiger partial charge in [-0.25, -0.2) is 23.7 Å². The van der Waals surface area contributed by atoms with Crippen molar-refractivity contribution in [2.24, 2.45) is 5.92 Å². The monoisotopic (exact) mass is 473 g/mol. The molecule has 1 aromatic carbocycles. The van der Waals surface area contributed by atoms with Crippen LogP contribution in [-0.4, -0.2) is 41.9 Å². The molecule has 1 saturated carbocycles. The van der Waals surface area contributed by atoms with Crippen LogP contribution < -0.4 is 5.32 Å². The van der Waals surface area contributed by atoms with Gasteiger partial charge in [-0.1, -0.05) is 12.1 Å². The molecule has 10 heteroatoms. The van der Waals surface area contributed by atoms with E-state index in [1.54, 1.807) is 35.8 Å². The predicted octanol–water partition coefficient (Wildman–Crippen LogP) is 4.56. The number of rotatable bonds is 5. The Hall–Kier alpha value is -4.21. The molecule has 8 nitrogen and oxygen atoms in total. The number of pyridine rings is 1. The molecule has 1 fully saturated rings. The van der Waals surface area contributed by atoms with Crippen LogP contribution in [0.3, 0.4) is 0 Å². The fourth-order valence-electron chi connectivity index (χ4n) is 4.53. The summed E-state index contributed by atoms with van der Waals surface area (Å²) in [7, 11) is 0. The molecule has 0 unspecified atom stereocenters. The smallest absolute Gasteiger partial charge is 0.249 e. The van der Waals surface area contributed by atoms with Crippen molar-refractivity contribution < 1.29 is 13.6 Å². The van der Waals surface area contributed by atoms with Crippen molar-refractivity contribution >= 4 is 17.5 Å². The van der Waals surface area contributed by atoms with Crippen LogP contribution in [0.2, 0.25) is 0 Å². The van der Waals surface area contributed by atoms with E-state index in [1.807, 2.05) is 30.3 Å². The van der Waals surface area contributed by atoms with Crippen LogP contribution in [-0.2, 0) is 17.9 Å². The molecule has 0 atom stereocenters. The molecule has 0 saturated heterocycles. The molecule has 2 N–H and O–H groups in total. The van der Waals surface area contributed by atoms with Crippen LogP contribution in [0.25, 0.3) is 22.5 Å². The molecular formula is C25H21F2N7O. The van der Waals surface area contributed by atoms with Gasteiger partial charge in [-0.3, -0.25) is 9.89 Å². The lowest BCUT2D eigenvalue weighted by Crippen LogP contribution is -2.45. The van der Waals surface area contributed by atoms with Crippen molar-refractivity contribution in [2.75, 3.05) is 5.32 Å². The maximum Gasteiger partial charge on any atom is 0.249 e. The number of aromatic amines is 1. The highest BCUT2D eigenvalue weighted by Crippen LogP contribution is 2.44. The summed E-state index contributed by atoms with van der Waals surface area (Å²) in [5.74, 6) is -1.69. The Morgan fingerprint density at radius 2 is 1.80 bits per heavy atom. The molecule has 176 valence electrons. The molecule has 1 aliphatic carbocycles. The molecule has 0 radical (unpaired) electrons. The third-order valence-electron chi connectivity index (χ3n) is 6.44. The Labute approximate surface area is 199 Å². The number of hydrogen-bond donors (Lipinski definition) is 2. The van der Waals surface area contributed by atoms with Crippen molar-refractivity contribution in [1.82, 2.24) is 30.0 Å². The number of hydrogen-bond acceptors (Lipinski definition) is 6. The molecule has 6 rings (SSSR count). The third kappa shape index (κ3) is 4.23. The van der Waals surface area contributed by atoms with Gasteiger partial charge >= 0.3 is 0 Å². The van der Waals surface area contributed by atoms with Crippen LogP contribution in [0.4, 0.5) is 20.4 Å². The zero-order valence-electron chi connectivity index (χ0n) is 18.6. The first-order valence-corrected chi connectivity index (χ1v) is 11.3. The number of aromatic nitrogens is 5. The summed E-state index contributed by atoms with van der Waals surface area (Å²) in [6.07, 6.45) is 6.27. The summed E-state index contributed by atoms with van der Waals surface area (Å²) in [6.45, 7) is 0.856. The van der Waals surface area contributed by atoms with E-state index in [4.69, 9.17) is 0 Å². The number of alkyl halides is 2. The molecule has 1 aliphatic heterocycles. The van der Waals surface area contributed by atoms with Gasteiger partial charge in [0.25, 0.3) is 0 Å². The lowest BCUT2D eigenvalue weighted by Gasteiger charge is -2.36. The van der Waals surface area contributed by atoms with Crippen molar-refractivity contribution in [2.45, 2.75) is 31.9 Å². The number of carbonyl (C=O) groups excluding carboxylic acids is 1. The van der Waals surface area contributed by atoms with Gasteiger partial charge in [0.15, 0.2) is 5.82 Å². The van der Waals surface area contributed by atoms with E-state index < -0.39 is 11.8 Å². The van der Waals surface area contributed by atoms with E-state index in [-0.39, 0.29) is 18.7 Å². The van der Waals surface area contributed by atoms with E-state index >= 15 is 0 Å². The number of H-pyrrole nitrogens is 1. The topological polar surface area (TPSA) is 99.7 Å². The second-order valence-electron chi connectivity index (χ2n) is 8.95. The molecule has 35 heavy (non-hydrogen) atoms. The number of benzene rings is 1. The molecule has 0 spiro atoms. The Balaban J connectivity index is 1.15. The van der Waals surface area contributed by atoms with Crippen LogP contribution in [0.5, 0.6) is 0 Å². The van der Waals surface area contributed by atoms with E-state index in [1.165, 1.54) is 0 Å². The average molecular weight is 473 g/mol. The van der Waals surface area contributed by atoms with Gasteiger partial charge in [-0.2, -0.15) is 5.10 Å². The van der Waals surface area contributed by atoms with Crippen molar-refractivity contribution in [3.63, 3.8) is 0 Å². The first-order chi connectivity index (χ1) is 16.9. The number of halogens is 2. The zero-order valence-corrected chi connectivity index (χ0v) is 18.6. The average Bonchev–Trinajstić information content (AvgIpc) is 3.52. The van der Waals surface area contributed by atoms with Crippen LogP contribution in [0.1, 0.15) is 24.0 Å². The lowest BCUT2D eigenvalue weighted by molar-refractivity contribution is -0.160. The Morgan fingerprint density at radius 1 is 0.971 bits per heavy atom. The van der Waals surface area contributed by atoms with E-state index in [0.717, 1.165) is 27.8 Å². The van der Waals surface area contributed by atoms with E-state index in [9.17, 15) is 13.6 Å². The number of amides is 1. The van der Waals surface area contributed by atoms with Crippen LogP contribution in [0.15, 0.2) is 61.2 Å². The maximum atomic E-state index is 13.2. The molecule has 4 aromatic rings. The molecule has 0 bridgehead atoms. The summed E-state index contributed by atoms with van der Waals surface area (Å²) in [4.78, 5) is 27.7. The first-order valence-electron chi connectivity index (χ1n) is 11.3. The second-order valence-corrected chi connectivity index (χ2v) is 8.95. The fraction of sp³-hybridized carbons (Fsp3) is 0.240. The number of anilines is 2. The number of fused-ring (bicyclic) bond motifs is 1. The number of nitrogens with zero attached hydrogens (tertiary/aromatic N) is 5. The minimum atomic E-state index is -2.70. The van der Waals surface area contributed by atoms with E-state index in [0.29, 0.717) is 30.5 Å². The Kier molecular flexibility index (Phi) is 5.01. The Morgan fingerprint density at radius 3 is 2.54 bits per heavy atom. The molecular weight excluding hydrogens is 452 g/mol. The van der Waals surface area contributed by atoms with Gasteiger partial charge in [-0.05, 0) is 35.4 Å². The lowest BCUT2D eigenvalue weighted by atomic mass is 9.80. The number of nitrogens with one attached hydrogen (secondary N) is 2. The molecule has 2 aliphatic rings. The summed E-state index contributed by atoms with van der Waals surface area (Å²) >= 11 is 0. The van der Waals surface area contributed by atoms with Gasteiger partial charge in [0.2, 0.25) is 11.8 Å². The standard InChI is InChI=1S/C25H21F2N7O/c26-25(27)8-19(9-25)24(35)34-13-17-2-1-15(7-18(17)14-34)23-28-6-5-22(33-23)32-21-4-3-16(10-29-21)20-11-30-31-12-20/h1-7,10-12,19H,8-9,13-14H2,(H,30,31)(H,28,29,32,33). The van der Waals surface area contributed by atoms with Gasteiger partial charge < -0.3 is 10.2 Å². The SMILES string of the molecule is O=C(C1CC(F)(F)C1)N1Cc2ccc(-c3nccc(Nc4ccc(-c5cn[nH]c5)cn4)n3)cc2C1. The van der Waals surface area contributed by atoms with Crippen molar-refractivity contribution in [3.05, 3.63) is 72.3 Å². The predicted molar refractivity (Wildman–Crippen MR) is 124 cm³/mol. The third-order valence-corrected chi connectivity index (χ3v) is 6.44. The normalized spacial score (nSPS) is 16.6. The quantitative estimate of drug-likeness (QED) is 0.441. The number of carbonyl (C=O) groups is 1. The summed E-state index contributed by atoms with van der Waals surface area (Å²) in [5, 5.41) is 9.93. The maximum absolute atomic E-state index is 13.2. The first kappa shape index (κ1) is 21.3. The molecule has 1 amide bonds. The van der Waals surface area contributed by atoms with Gasteiger partial charge in [-0.15, -0.1) is 0 Å². The van der Waals surface area contributed by atoms with Gasteiger partial charge in [0.1, 0.15) is 11.6 Å². The van der Waals surface area contributed by atoms with Crippen molar-refractivity contribution in [1.29, 1.82) is 0 Å².